The molecule has 4 heterocycles. The molecule has 4 rings (SSSR count). The lowest BCUT2D eigenvalue weighted by atomic mass is 9.95. The molecule has 0 radical (unpaired) electrons. The summed E-state index contributed by atoms with van der Waals surface area (Å²) < 4.78 is 38.4. The average Bonchev–Trinajstić information content (AvgIpc) is 3.05. The molecule has 48 heavy (non-hydrogen) atoms. The second-order valence-corrected chi connectivity index (χ2v) is 11.9. The summed E-state index contributed by atoms with van der Waals surface area (Å²) in [6, 6.07) is -1.49. The third-order valence-corrected chi connectivity index (χ3v) is 8.59. The van der Waals surface area contributed by atoms with E-state index in [1.165, 1.54) is 0 Å². The summed E-state index contributed by atoms with van der Waals surface area (Å²) in [5.41, 5.74) is 0. The second kappa shape index (κ2) is 16.8. The highest BCUT2D eigenvalue weighted by molar-refractivity contribution is 5.73. The van der Waals surface area contributed by atoms with Gasteiger partial charge in [-0.2, -0.15) is 0 Å². The van der Waals surface area contributed by atoms with Gasteiger partial charge in [0.2, 0.25) is 5.91 Å². The minimum absolute atomic E-state index is 0.682. The summed E-state index contributed by atoms with van der Waals surface area (Å²) in [5.74, 6) is -0.682. The van der Waals surface area contributed by atoms with Crippen molar-refractivity contribution < 1.29 is 104 Å². The van der Waals surface area contributed by atoms with Crippen LogP contribution in [0.5, 0.6) is 0 Å². The number of hydrogen-bond acceptors (Lipinski definition) is 21. The van der Waals surface area contributed by atoms with Crippen LogP contribution in [0.25, 0.3) is 0 Å². The number of aliphatic hydroxyl groups excluding tert-OH is 13. The molecule has 14 N–H and O–H groups in total. The molecule has 0 aromatic carbocycles. The van der Waals surface area contributed by atoms with Gasteiger partial charge >= 0.3 is 0 Å². The van der Waals surface area contributed by atoms with Gasteiger partial charge in [-0.05, 0) is 0 Å². The number of carbonyl (C=O) groups excluding carboxylic acids is 1. The van der Waals surface area contributed by atoms with E-state index in [0.29, 0.717) is 0 Å². The standard InChI is InChI=1S/C26H45NO21/c1-6(31)27-11-15(35)21(9(4-30)43-23(11)41)47-26-20(40)22(48-25-19(39)17(37)13(33)8(3-29)45-25)14(34)10(46-26)5-42-24-18(38)16(36)12(32)7(2-28)44-24/h7-26,28-30,32-41H,2-5H2,1H3,(H,27,31)/t7-,8+,9+,10-,11+,12-,13+,14-,15+,16+,17-,18+,19-,20+,21+,22+,23-,24+,25+,26+/m1/s1. The fourth-order valence-corrected chi connectivity index (χ4v) is 5.84. The fraction of sp³-hybridized carbons (Fsp3) is 0.962. The van der Waals surface area contributed by atoms with Crippen molar-refractivity contribution in [3.63, 3.8) is 0 Å². The number of ether oxygens (including phenoxy) is 7. The lowest BCUT2D eigenvalue weighted by Gasteiger charge is -2.48. The maximum Gasteiger partial charge on any atom is 0.217 e. The highest BCUT2D eigenvalue weighted by Gasteiger charge is 2.54. The molecule has 0 saturated carbocycles. The van der Waals surface area contributed by atoms with E-state index in [1.54, 1.807) is 0 Å². The van der Waals surface area contributed by atoms with Crippen LogP contribution in [0.3, 0.4) is 0 Å². The van der Waals surface area contributed by atoms with Crippen LogP contribution in [-0.2, 0) is 38.0 Å². The van der Waals surface area contributed by atoms with Crippen molar-refractivity contribution in [2.45, 2.75) is 130 Å². The average molecular weight is 708 g/mol. The zero-order valence-corrected chi connectivity index (χ0v) is 25.5. The Hall–Kier alpha value is -1.33. The highest BCUT2D eigenvalue weighted by atomic mass is 16.8. The molecule has 1 amide bonds. The van der Waals surface area contributed by atoms with Crippen LogP contribution >= 0.6 is 0 Å². The predicted octanol–water partition coefficient (Wildman–Crippen LogP) is -9.61. The van der Waals surface area contributed by atoms with E-state index in [0.717, 1.165) is 6.92 Å². The lowest BCUT2D eigenvalue weighted by Crippen LogP contribution is -2.68. The quantitative estimate of drug-likeness (QED) is 0.0947. The third-order valence-electron chi connectivity index (χ3n) is 8.59. The van der Waals surface area contributed by atoms with E-state index < -0.39 is 155 Å². The first-order chi connectivity index (χ1) is 22.6. The van der Waals surface area contributed by atoms with Gasteiger partial charge in [-0.3, -0.25) is 4.79 Å². The lowest BCUT2D eigenvalue weighted by molar-refractivity contribution is -0.379. The van der Waals surface area contributed by atoms with Crippen molar-refractivity contribution in [1.82, 2.24) is 5.32 Å². The molecule has 20 atom stereocenters. The van der Waals surface area contributed by atoms with Gasteiger partial charge < -0.3 is 105 Å². The van der Waals surface area contributed by atoms with Gasteiger partial charge in [0.05, 0.1) is 26.4 Å². The highest BCUT2D eigenvalue weighted by Crippen LogP contribution is 2.33. The molecule has 0 spiro atoms. The Kier molecular flexibility index (Phi) is 13.8. The maximum atomic E-state index is 11.7. The Morgan fingerprint density at radius 2 is 1.02 bits per heavy atom. The minimum Gasteiger partial charge on any atom is -0.394 e. The first-order valence-corrected chi connectivity index (χ1v) is 15.1. The van der Waals surface area contributed by atoms with Gasteiger partial charge in [0, 0.05) is 6.92 Å². The van der Waals surface area contributed by atoms with Gasteiger partial charge in [-0.25, -0.2) is 0 Å². The van der Waals surface area contributed by atoms with Crippen molar-refractivity contribution in [2.75, 3.05) is 26.4 Å². The molecular weight excluding hydrogens is 662 g/mol. The zero-order valence-electron chi connectivity index (χ0n) is 25.5. The number of carbonyl (C=O) groups is 1. The van der Waals surface area contributed by atoms with E-state index >= 15 is 0 Å². The number of nitrogens with one attached hydrogen (secondary N) is 1. The molecular formula is C26H45NO21. The Bertz CT molecular complexity index is 1030. The smallest absolute Gasteiger partial charge is 0.217 e. The third kappa shape index (κ3) is 8.24. The number of aliphatic hydroxyl groups is 13. The van der Waals surface area contributed by atoms with E-state index in [-0.39, 0.29) is 0 Å². The van der Waals surface area contributed by atoms with Crippen LogP contribution in [0.4, 0.5) is 0 Å². The molecule has 4 aliphatic rings. The topological polar surface area (TPSA) is 357 Å². The van der Waals surface area contributed by atoms with Crippen molar-refractivity contribution in [3.8, 4) is 0 Å². The first-order valence-electron chi connectivity index (χ1n) is 15.1. The number of hydrogen-bond donors (Lipinski definition) is 14. The summed E-state index contributed by atoms with van der Waals surface area (Å²) in [7, 11) is 0. The summed E-state index contributed by atoms with van der Waals surface area (Å²) in [4.78, 5) is 11.7. The van der Waals surface area contributed by atoms with Gasteiger partial charge in [0.15, 0.2) is 25.2 Å². The van der Waals surface area contributed by atoms with Gasteiger partial charge in [-0.1, -0.05) is 0 Å². The van der Waals surface area contributed by atoms with Crippen molar-refractivity contribution in [2.24, 2.45) is 0 Å². The normalized spacial score (nSPS) is 50.2. The molecule has 22 nitrogen and oxygen atoms in total. The van der Waals surface area contributed by atoms with Gasteiger partial charge in [-0.15, -0.1) is 0 Å². The van der Waals surface area contributed by atoms with Crippen LogP contribution in [0.15, 0.2) is 0 Å². The van der Waals surface area contributed by atoms with Crippen LogP contribution < -0.4 is 5.32 Å². The fourth-order valence-electron chi connectivity index (χ4n) is 5.84. The van der Waals surface area contributed by atoms with Crippen molar-refractivity contribution in [1.29, 1.82) is 0 Å². The zero-order chi connectivity index (χ0) is 35.6. The minimum atomic E-state index is -2.06. The SMILES string of the molecule is CC(=O)N[C@H]1[C@H](O)[C@@H](O[C@@H]2O[C@H](CO[C@H]3O[C@H](CO)[C@@H](O)[C@H](O)[C@@H]3O)[C@@H](O)[C@H](O[C@@H]3O[C@@H](CO)[C@H](O)[C@@H](O)[C@H]3O)[C@@H]2O)[C@H](CO)O[C@H]1O. The van der Waals surface area contributed by atoms with Crippen molar-refractivity contribution in [3.05, 3.63) is 0 Å². The monoisotopic (exact) mass is 707 g/mol. The molecule has 0 bridgehead atoms. The molecule has 0 aromatic heterocycles. The van der Waals surface area contributed by atoms with Crippen LogP contribution in [0, 0.1) is 0 Å². The molecule has 4 fully saturated rings. The summed E-state index contributed by atoms with van der Waals surface area (Å²) in [5, 5.41) is 136. The van der Waals surface area contributed by atoms with Gasteiger partial charge in [0.1, 0.15) is 97.6 Å². The van der Waals surface area contributed by atoms with Crippen LogP contribution in [0.1, 0.15) is 6.92 Å². The Labute approximate surface area is 272 Å². The van der Waals surface area contributed by atoms with E-state index in [2.05, 4.69) is 5.32 Å². The predicted molar refractivity (Wildman–Crippen MR) is 145 cm³/mol. The molecule has 0 unspecified atom stereocenters. The van der Waals surface area contributed by atoms with Crippen LogP contribution in [0.2, 0.25) is 0 Å². The molecule has 0 aliphatic carbocycles. The summed E-state index contributed by atoms with van der Waals surface area (Å²) >= 11 is 0. The largest absolute Gasteiger partial charge is 0.394 e. The van der Waals surface area contributed by atoms with Crippen molar-refractivity contribution >= 4 is 5.91 Å². The second-order valence-electron chi connectivity index (χ2n) is 11.9. The van der Waals surface area contributed by atoms with Gasteiger partial charge in [0.25, 0.3) is 0 Å². The Balaban J connectivity index is 1.59. The molecule has 22 heteroatoms. The van der Waals surface area contributed by atoms with E-state index in [9.17, 15) is 71.2 Å². The number of rotatable bonds is 11. The van der Waals surface area contributed by atoms with Crippen LogP contribution in [-0.4, -0.2) is 221 Å². The Morgan fingerprint density at radius 3 is 1.56 bits per heavy atom. The summed E-state index contributed by atoms with van der Waals surface area (Å²) in [6.45, 7) is -2.15. The van der Waals surface area contributed by atoms with E-state index in [4.69, 9.17) is 33.2 Å². The number of amides is 1. The Morgan fingerprint density at radius 1 is 0.542 bits per heavy atom. The molecule has 280 valence electrons. The summed E-state index contributed by atoms with van der Waals surface area (Å²) in [6.07, 6.45) is -33.7. The first kappa shape index (κ1) is 39.5. The van der Waals surface area contributed by atoms with E-state index in [1.807, 2.05) is 0 Å². The maximum absolute atomic E-state index is 11.7. The molecule has 4 aliphatic heterocycles. The molecule has 4 saturated heterocycles. The molecule has 0 aromatic rings.